The number of hydrogen-bond acceptors (Lipinski definition) is 3. The number of aromatic amines is 2. The first kappa shape index (κ1) is 12.9. The molecule has 0 radical (unpaired) electrons. The average Bonchev–Trinajstić information content (AvgIpc) is 2.68. The van der Waals surface area contributed by atoms with Crippen molar-refractivity contribution in [3.8, 4) is 0 Å². The molecule has 5 heteroatoms. The molecule has 1 atom stereocenters. The fraction of sp³-hybridized carbons (Fsp3) is 0.462. The fourth-order valence-electron chi connectivity index (χ4n) is 2.08. The quantitative estimate of drug-likeness (QED) is 0.739. The molecule has 0 bridgehead atoms. The summed E-state index contributed by atoms with van der Waals surface area (Å²) in [7, 11) is 2.09. The third-order valence-electron chi connectivity index (χ3n) is 3.35. The number of fused-ring (bicyclic) bond motifs is 1. The van der Waals surface area contributed by atoms with Crippen molar-refractivity contribution in [3.05, 3.63) is 34.2 Å². The van der Waals surface area contributed by atoms with Crippen LogP contribution in [-0.2, 0) is 6.54 Å². The minimum absolute atomic E-state index is 0.160. The summed E-state index contributed by atoms with van der Waals surface area (Å²) in [6.07, 6.45) is 0.986. The Morgan fingerprint density at radius 2 is 2.06 bits per heavy atom. The fourth-order valence-corrected chi connectivity index (χ4v) is 2.08. The lowest BCUT2D eigenvalue weighted by molar-refractivity contribution is 0.240. The van der Waals surface area contributed by atoms with Gasteiger partial charge in [-0.25, -0.2) is 4.79 Å². The Bertz CT molecular complexity index is 572. The minimum atomic E-state index is -0.160. The largest absolute Gasteiger partial charge is 0.330 e. The van der Waals surface area contributed by atoms with Gasteiger partial charge in [-0.1, -0.05) is 6.07 Å². The van der Waals surface area contributed by atoms with Gasteiger partial charge in [-0.05, 0) is 44.6 Å². The molecule has 0 saturated carbocycles. The molecule has 0 amide bonds. The Balaban J connectivity index is 2.13. The first-order chi connectivity index (χ1) is 8.60. The van der Waals surface area contributed by atoms with Crippen LogP contribution in [0.5, 0.6) is 0 Å². The van der Waals surface area contributed by atoms with Gasteiger partial charge in [0.15, 0.2) is 0 Å². The van der Waals surface area contributed by atoms with Gasteiger partial charge in [0.25, 0.3) is 0 Å². The molecule has 1 aromatic heterocycles. The molecule has 2 aromatic rings. The highest BCUT2D eigenvalue weighted by Crippen LogP contribution is 2.13. The molecule has 0 fully saturated rings. The molecule has 1 heterocycles. The van der Waals surface area contributed by atoms with Gasteiger partial charge in [-0.3, -0.25) is 4.90 Å². The predicted octanol–water partition coefficient (Wildman–Crippen LogP) is 1.03. The van der Waals surface area contributed by atoms with Crippen LogP contribution in [-0.4, -0.2) is 34.5 Å². The van der Waals surface area contributed by atoms with E-state index in [1.807, 2.05) is 18.2 Å². The Kier molecular flexibility index (Phi) is 3.84. The number of nitrogens with zero attached hydrogens (tertiary/aromatic N) is 1. The molecule has 98 valence electrons. The molecule has 2 rings (SSSR count). The Hall–Kier alpha value is -1.59. The molecule has 0 spiro atoms. The van der Waals surface area contributed by atoms with Crippen molar-refractivity contribution in [2.24, 2.45) is 5.73 Å². The minimum Gasteiger partial charge on any atom is -0.330 e. The second kappa shape index (κ2) is 5.37. The van der Waals surface area contributed by atoms with Crippen molar-refractivity contribution < 1.29 is 0 Å². The van der Waals surface area contributed by atoms with Gasteiger partial charge in [-0.15, -0.1) is 0 Å². The van der Waals surface area contributed by atoms with Crippen LogP contribution in [0.3, 0.4) is 0 Å². The van der Waals surface area contributed by atoms with Crippen LogP contribution < -0.4 is 11.4 Å². The zero-order valence-electron chi connectivity index (χ0n) is 10.9. The van der Waals surface area contributed by atoms with Gasteiger partial charge in [0.1, 0.15) is 0 Å². The van der Waals surface area contributed by atoms with Crippen molar-refractivity contribution in [2.45, 2.75) is 25.9 Å². The van der Waals surface area contributed by atoms with Gasteiger partial charge in [0, 0.05) is 12.6 Å². The number of nitrogens with one attached hydrogen (secondary N) is 2. The average molecular weight is 248 g/mol. The first-order valence-electron chi connectivity index (χ1n) is 6.21. The number of imidazole rings is 1. The summed E-state index contributed by atoms with van der Waals surface area (Å²) in [5, 5.41) is 0. The number of rotatable bonds is 5. The van der Waals surface area contributed by atoms with Crippen molar-refractivity contribution >= 4 is 11.0 Å². The standard InChI is InChI=1S/C13H20N4O/c1-9(5-6-14)17(2)8-10-3-4-11-12(7-10)16-13(18)15-11/h3-4,7,9H,5-6,8,14H2,1-2H3,(H2,15,16,18). The summed E-state index contributed by atoms with van der Waals surface area (Å²) in [4.78, 5) is 19.0. The molecule has 5 nitrogen and oxygen atoms in total. The van der Waals surface area contributed by atoms with Crippen LogP contribution in [0.15, 0.2) is 23.0 Å². The number of hydrogen-bond donors (Lipinski definition) is 3. The van der Waals surface area contributed by atoms with Gasteiger partial charge in [0.05, 0.1) is 11.0 Å². The van der Waals surface area contributed by atoms with E-state index in [1.165, 1.54) is 5.56 Å². The van der Waals surface area contributed by atoms with Gasteiger partial charge in [-0.2, -0.15) is 0 Å². The summed E-state index contributed by atoms with van der Waals surface area (Å²) in [6, 6.07) is 6.44. The molecular weight excluding hydrogens is 228 g/mol. The van der Waals surface area contributed by atoms with E-state index in [1.54, 1.807) is 0 Å². The normalized spacial score (nSPS) is 13.3. The van der Waals surface area contributed by atoms with Crippen molar-refractivity contribution in [1.82, 2.24) is 14.9 Å². The Morgan fingerprint density at radius 3 is 2.78 bits per heavy atom. The van der Waals surface area contributed by atoms with E-state index in [0.717, 1.165) is 24.0 Å². The maximum absolute atomic E-state index is 11.2. The topological polar surface area (TPSA) is 77.9 Å². The summed E-state index contributed by atoms with van der Waals surface area (Å²) in [6.45, 7) is 3.73. The zero-order chi connectivity index (χ0) is 13.1. The highest BCUT2D eigenvalue weighted by Gasteiger charge is 2.09. The summed E-state index contributed by atoms with van der Waals surface area (Å²) < 4.78 is 0. The third kappa shape index (κ3) is 2.80. The van der Waals surface area contributed by atoms with E-state index < -0.39 is 0 Å². The van der Waals surface area contributed by atoms with Gasteiger partial charge in [0.2, 0.25) is 0 Å². The second-order valence-electron chi connectivity index (χ2n) is 4.80. The second-order valence-corrected chi connectivity index (χ2v) is 4.80. The highest BCUT2D eigenvalue weighted by molar-refractivity contribution is 5.74. The van der Waals surface area contributed by atoms with E-state index in [9.17, 15) is 4.79 Å². The Labute approximate surface area is 106 Å². The van der Waals surface area contributed by atoms with Crippen molar-refractivity contribution in [1.29, 1.82) is 0 Å². The van der Waals surface area contributed by atoms with Crippen LogP contribution >= 0.6 is 0 Å². The van der Waals surface area contributed by atoms with E-state index in [-0.39, 0.29) is 5.69 Å². The summed E-state index contributed by atoms with van der Waals surface area (Å²) >= 11 is 0. The number of nitrogens with two attached hydrogens (primary N) is 1. The van der Waals surface area contributed by atoms with Crippen LogP contribution in [0.4, 0.5) is 0 Å². The first-order valence-corrected chi connectivity index (χ1v) is 6.21. The number of aromatic nitrogens is 2. The molecule has 0 aliphatic carbocycles. The summed E-state index contributed by atoms with van der Waals surface area (Å²) in [5.74, 6) is 0. The van der Waals surface area contributed by atoms with Crippen molar-refractivity contribution in [3.63, 3.8) is 0 Å². The monoisotopic (exact) mass is 248 g/mol. The molecule has 0 saturated heterocycles. The molecule has 0 aliphatic rings. The predicted molar refractivity (Wildman–Crippen MR) is 73.5 cm³/mol. The highest BCUT2D eigenvalue weighted by atomic mass is 16.1. The lowest BCUT2D eigenvalue weighted by atomic mass is 10.1. The molecule has 1 aromatic carbocycles. The van der Waals surface area contributed by atoms with Gasteiger partial charge < -0.3 is 15.7 Å². The summed E-state index contributed by atoms with van der Waals surface area (Å²) in [5.41, 5.74) is 8.30. The molecule has 4 N–H and O–H groups in total. The number of H-pyrrole nitrogens is 2. The third-order valence-corrected chi connectivity index (χ3v) is 3.35. The van der Waals surface area contributed by atoms with E-state index in [0.29, 0.717) is 12.6 Å². The van der Waals surface area contributed by atoms with Crippen LogP contribution in [0.1, 0.15) is 18.9 Å². The molecule has 1 unspecified atom stereocenters. The molecular formula is C13H20N4O. The smallest absolute Gasteiger partial charge is 0.323 e. The van der Waals surface area contributed by atoms with Crippen LogP contribution in [0, 0.1) is 0 Å². The Morgan fingerprint density at radius 1 is 1.33 bits per heavy atom. The van der Waals surface area contributed by atoms with E-state index in [2.05, 4.69) is 28.8 Å². The maximum atomic E-state index is 11.2. The van der Waals surface area contributed by atoms with Crippen LogP contribution in [0.25, 0.3) is 11.0 Å². The van der Waals surface area contributed by atoms with Gasteiger partial charge >= 0.3 is 5.69 Å². The maximum Gasteiger partial charge on any atom is 0.323 e. The van der Waals surface area contributed by atoms with E-state index >= 15 is 0 Å². The number of benzene rings is 1. The molecule has 18 heavy (non-hydrogen) atoms. The van der Waals surface area contributed by atoms with E-state index in [4.69, 9.17) is 5.73 Å². The van der Waals surface area contributed by atoms with Crippen LogP contribution in [0.2, 0.25) is 0 Å². The lowest BCUT2D eigenvalue weighted by Crippen LogP contribution is -2.30. The zero-order valence-corrected chi connectivity index (χ0v) is 10.9. The van der Waals surface area contributed by atoms with Crippen molar-refractivity contribution in [2.75, 3.05) is 13.6 Å². The lowest BCUT2D eigenvalue weighted by Gasteiger charge is -2.24. The SMILES string of the molecule is CC(CCN)N(C)Cc1ccc2[nH]c(=O)[nH]c2c1. The molecule has 0 aliphatic heterocycles.